The van der Waals surface area contributed by atoms with Gasteiger partial charge in [0, 0.05) is 38.9 Å². The summed E-state index contributed by atoms with van der Waals surface area (Å²) >= 11 is 5.46. The van der Waals surface area contributed by atoms with E-state index in [0.29, 0.717) is 16.7 Å². The average molecular weight is 541 g/mol. The van der Waals surface area contributed by atoms with E-state index >= 15 is 0 Å². The molecule has 2 aromatic carbocycles. The third kappa shape index (κ3) is 3.37. The molecule has 0 N–H and O–H groups in total. The van der Waals surface area contributed by atoms with Crippen molar-refractivity contribution >= 4 is 34.4 Å². The minimum atomic E-state index is 0.363. The summed E-state index contributed by atoms with van der Waals surface area (Å²) < 4.78 is 33.9. The van der Waals surface area contributed by atoms with Crippen LogP contribution >= 0.6 is 34.4 Å². The van der Waals surface area contributed by atoms with Crippen molar-refractivity contribution in [2.45, 2.75) is 10.1 Å². The SMILES string of the molecule is COc1cc(OC)c(-c2cc3c(s2)-c2sc(-c4c(OC)cc(OC)cc4OC)c4c2C4S3)c(OC)c1. The summed E-state index contributed by atoms with van der Waals surface area (Å²) in [5.74, 6) is 4.35. The van der Waals surface area contributed by atoms with Gasteiger partial charge in [-0.1, -0.05) is 0 Å². The maximum Gasteiger partial charge on any atom is 0.134 e. The van der Waals surface area contributed by atoms with Gasteiger partial charge in [-0.15, -0.1) is 34.4 Å². The first-order chi connectivity index (χ1) is 17.6. The third-order valence-electron chi connectivity index (χ3n) is 6.48. The van der Waals surface area contributed by atoms with E-state index in [2.05, 4.69) is 6.07 Å². The molecule has 0 spiro atoms. The van der Waals surface area contributed by atoms with Crippen molar-refractivity contribution in [2.75, 3.05) is 42.7 Å². The molecule has 3 heterocycles. The second-order valence-corrected chi connectivity index (χ2v) is 11.4. The van der Waals surface area contributed by atoms with E-state index in [0.717, 1.165) is 39.0 Å². The second-order valence-electron chi connectivity index (χ2n) is 8.20. The maximum absolute atomic E-state index is 5.76. The van der Waals surface area contributed by atoms with E-state index in [4.69, 9.17) is 28.4 Å². The van der Waals surface area contributed by atoms with Crippen molar-refractivity contribution in [2.24, 2.45) is 0 Å². The molecule has 2 aromatic heterocycles. The van der Waals surface area contributed by atoms with Crippen LogP contribution in [0.3, 0.4) is 0 Å². The van der Waals surface area contributed by atoms with Crippen molar-refractivity contribution < 1.29 is 28.4 Å². The molecule has 0 saturated heterocycles. The highest BCUT2D eigenvalue weighted by atomic mass is 32.2. The minimum Gasteiger partial charge on any atom is -0.496 e. The Labute approximate surface area is 221 Å². The number of rotatable bonds is 8. The molecule has 0 fully saturated rings. The van der Waals surface area contributed by atoms with Crippen LogP contribution in [-0.4, -0.2) is 42.7 Å². The summed E-state index contributed by atoms with van der Waals surface area (Å²) in [5.41, 5.74) is 4.73. The van der Waals surface area contributed by atoms with Gasteiger partial charge in [-0.25, -0.2) is 0 Å². The van der Waals surface area contributed by atoms with Crippen LogP contribution in [0.25, 0.3) is 30.6 Å². The fraction of sp³-hybridized carbons (Fsp3) is 0.259. The highest BCUT2D eigenvalue weighted by Crippen LogP contribution is 2.72. The van der Waals surface area contributed by atoms with E-state index in [1.54, 1.807) is 65.3 Å². The van der Waals surface area contributed by atoms with Crippen molar-refractivity contribution in [3.05, 3.63) is 41.5 Å². The number of ether oxygens (including phenoxy) is 6. The molecule has 36 heavy (non-hydrogen) atoms. The molecule has 9 heteroatoms. The summed E-state index contributed by atoms with van der Waals surface area (Å²) in [6.45, 7) is 0. The lowest BCUT2D eigenvalue weighted by molar-refractivity contribution is 0.377. The van der Waals surface area contributed by atoms with E-state index < -0.39 is 0 Å². The van der Waals surface area contributed by atoms with E-state index in [1.165, 1.54) is 30.7 Å². The maximum atomic E-state index is 5.76. The number of benzene rings is 2. The molecular weight excluding hydrogens is 516 g/mol. The van der Waals surface area contributed by atoms with Crippen LogP contribution in [0, 0.1) is 0 Å². The number of hydrogen-bond acceptors (Lipinski definition) is 9. The zero-order chi connectivity index (χ0) is 25.1. The van der Waals surface area contributed by atoms with E-state index in [1.807, 2.05) is 36.0 Å². The number of hydrogen-bond donors (Lipinski definition) is 0. The first-order valence-electron chi connectivity index (χ1n) is 11.1. The Morgan fingerprint density at radius 2 is 1.03 bits per heavy atom. The Balaban J connectivity index is 1.48. The monoisotopic (exact) mass is 540 g/mol. The second kappa shape index (κ2) is 8.83. The zero-order valence-corrected chi connectivity index (χ0v) is 23.1. The Morgan fingerprint density at radius 3 is 1.53 bits per heavy atom. The summed E-state index contributed by atoms with van der Waals surface area (Å²) in [7, 11) is 9.99. The Morgan fingerprint density at radius 1 is 0.528 bits per heavy atom. The van der Waals surface area contributed by atoms with Crippen LogP contribution in [-0.2, 0) is 0 Å². The van der Waals surface area contributed by atoms with Crippen LogP contribution in [0.4, 0.5) is 0 Å². The topological polar surface area (TPSA) is 55.4 Å². The van der Waals surface area contributed by atoms with Crippen molar-refractivity contribution in [3.8, 4) is 65.1 Å². The Hall–Kier alpha value is -3.01. The van der Waals surface area contributed by atoms with Crippen LogP contribution in [0.1, 0.15) is 16.4 Å². The standard InChI is InChI=1S/C27H24O6S3/c1-28-12-7-14(30-3)20(15(8-12)31-4)18-11-19-24(34-18)27-23-22(26(23)35-19)25(36-27)21-16(32-5)9-13(29-2)10-17(21)33-6/h7-11,26H,1-6H3. The molecule has 1 aliphatic heterocycles. The van der Waals surface area contributed by atoms with Gasteiger partial charge in [0.25, 0.3) is 0 Å². The molecule has 0 radical (unpaired) electrons. The van der Waals surface area contributed by atoms with Gasteiger partial charge in [0.2, 0.25) is 0 Å². The number of thiophene rings is 2. The molecule has 1 aliphatic carbocycles. The number of methoxy groups -OCH3 is 6. The van der Waals surface area contributed by atoms with Gasteiger partial charge in [0.05, 0.1) is 68.8 Å². The fourth-order valence-electron chi connectivity index (χ4n) is 4.72. The first-order valence-corrected chi connectivity index (χ1v) is 13.7. The lowest BCUT2D eigenvalue weighted by Crippen LogP contribution is -1.95. The number of fused-ring (bicyclic) bond motifs is 3. The lowest BCUT2D eigenvalue weighted by Gasteiger charge is -2.16. The highest BCUT2D eigenvalue weighted by molar-refractivity contribution is 8.00. The predicted octanol–water partition coefficient (Wildman–Crippen LogP) is 7.37. The summed E-state index contributed by atoms with van der Waals surface area (Å²) in [6, 6.07) is 9.87. The van der Waals surface area contributed by atoms with Crippen LogP contribution in [0.15, 0.2) is 35.2 Å². The third-order valence-corrected chi connectivity index (χ3v) is 10.4. The summed E-state index contributed by atoms with van der Waals surface area (Å²) in [6.07, 6.45) is 0. The quantitative estimate of drug-likeness (QED) is 0.231. The fourth-order valence-corrected chi connectivity index (χ4v) is 9.28. The van der Waals surface area contributed by atoms with E-state index in [-0.39, 0.29) is 0 Å². The molecule has 6 rings (SSSR count). The van der Waals surface area contributed by atoms with E-state index in [9.17, 15) is 0 Å². The van der Waals surface area contributed by atoms with Crippen LogP contribution < -0.4 is 28.4 Å². The highest BCUT2D eigenvalue weighted by Gasteiger charge is 2.48. The normalized spacial score (nSPS) is 14.6. The smallest absolute Gasteiger partial charge is 0.134 e. The Kier molecular flexibility index (Phi) is 5.74. The van der Waals surface area contributed by atoms with Gasteiger partial charge in [-0.2, -0.15) is 0 Å². The van der Waals surface area contributed by atoms with Gasteiger partial charge in [0.1, 0.15) is 34.5 Å². The van der Waals surface area contributed by atoms with Gasteiger partial charge in [-0.05, 0) is 17.2 Å². The molecule has 0 saturated carbocycles. The minimum absolute atomic E-state index is 0.363. The molecule has 0 bridgehead atoms. The molecular formula is C27H24O6S3. The Bertz CT molecular complexity index is 1440. The molecule has 1 atom stereocenters. The zero-order valence-electron chi connectivity index (χ0n) is 20.6. The van der Waals surface area contributed by atoms with Gasteiger partial charge in [0.15, 0.2) is 0 Å². The molecule has 0 amide bonds. The van der Waals surface area contributed by atoms with Crippen LogP contribution in [0.2, 0.25) is 0 Å². The van der Waals surface area contributed by atoms with Crippen LogP contribution in [0.5, 0.6) is 34.5 Å². The largest absolute Gasteiger partial charge is 0.496 e. The van der Waals surface area contributed by atoms with Gasteiger partial charge < -0.3 is 28.4 Å². The molecule has 4 aromatic rings. The van der Waals surface area contributed by atoms with Gasteiger partial charge >= 0.3 is 0 Å². The van der Waals surface area contributed by atoms with Crippen molar-refractivity contribution in [1.82, 2.24) is 0 Å². The molecule has 2 aliphatic rings. The molecule has 1 unspecified atom stereocenters. The van der Waals surface area contributed by atoms with Gasteiger partial charge in [-0.3, -0.25) is 0 Å². The first kappa shape index (κ1) is 23.4. The number of thioether (sulfide) groups is 1. The molecule has 6 nitrogen and oxygen atoms in total. The summed E-state index contributed by atoms with van der Waals surface area (Å²) in [4.78, 5) is 6.19. The summed E-state index contributed by atoms with van der Waals surface area (Å²) in [5, 5.41) is 0.363. The predicted molar refractivity (Wildman–Crippen MR) is 146 cm³/mol. The average Bonchev–Trinajstić information content (AvgIpc) is 3.25. The van der Waals surface area contributed by atoms with Crippen molar-refractivity contribution in [1.29, 1.82) is 0 Å². The lowest BCUT2D eigenvalue weighted by atomic mass is 10.1. The molecule has 186 valence electrons. The van der Waals surface area contributed by atoms with Crippen molar-refractivity contribution in [3.63, 3.8) is 0 Å².